The van der Waals surface area contributed by atoms with Crippen LogP contribution in [0.3, 0.4) is 0 Å². The van der Waals surface area contributed by atoms with Gasteiger partial charge in [-0.15, -0.1) is 5.10 Å². The van der Waals surface area contributed by atoms with Gasteiger partial charge in [0.1, 0.15) is 0 Å². The molecule has 1 heterocycles. The highest BCUT2D eigenvalue weighted by molar-refractivity contribution is 5.62. The number of anilines is 4. The number of nitrogens with one attached hydrogen (secondary N) is 2. The van der Waals surface area contributed by atoms with Crippen LogP contribution >= 0.6 is 0 Å². The summed E-state index contributed by atoms with van der Waals surface area (Å²) in [5, 5.41) is 14.6. The van der Waals surface area contributed by atoms with Crippen LogP contribution in [0.2, 0.25) is 0 Å². The molecule has 0 aliphatic rings. The molecule has 0 radical (unpaired) electrons. The van der Waals surface area contributed by atoms with Crippen LogP contribution in [0, 0.1) is 27.7 Å². The minimum absolute atomic E-state index is 0.470. The Morgan fingerprint density at radius 3 is 2.46 bits per heavy atom. The number of benzene rings is 2. The second kappa shape index (κ2) is 6.66. The van der Waals surface area contributed by atoms with Crippen LogP contribution in [0.25, 0.3) is 0 Å². The van der Waals surface area contributed by atoms with Crippen LogP contribution in [0.15, 0.2) is 42.6 Å². The standard InChI is InChI=1S/C19H21N5/c1-12-8-9-16(10-14(12)3)21-18-11-20-24-19(23-18)22-17-7-5-6-13(2)15(17)4/h5-11H,1-4H3,(H2,21,22,23,24). The van der Waals surface area contributed by atoms with Crippen LogP contribution < -0.4 is 10.6 Å². The molecule has 3 aromatic rings. The zero-order valence-electron chi connectivity index (χ0n) is 14.4. The Hall–Kier alpha value is -2.95. The third-order valence-corrected chi connectivity index (χ3v) is 4.19. The van der Waals surface area contributed by atoms with Gasteiger partial charge < -0.3 is 10.6 Å². The number of rotatable bonds is 4. The van der Waals surface area contributed by atoms with Gasteiger partial charge >= 0.3 is 0 Å². The van der Waals surface area contributed by atoms with Gasteiger partial charge in [-0.25, -0.2) is 0 Å². The predicted octanol–water partition coefficient (Wildman–Crippen LogP) is 4.59. The summed E-state index contributed by atoms with van der Waals surface area (Å²) in [5.41, 5.74) is 6.86. The molecular weight excluding hydrogens is 298 g/mol. The molecule has 2 N–H and O–H groups in total. The Morgan fingerprint density at radius 2 is 1.67 bits per heavy atom. The first-order chi connectivity index (χ1) is 11.5. The average molecular weight is 319 g/mol. The zero-order chi connectivity index (χ0) is 17.1. The van der Waals surface area contributed by atoms with Gasteiger partial charge in [-0.2, -0.15) is 10.1 Å². The van der Waals surface area contributed by atoms with Gasteiger partial charge in [0, 0.05) is 11.4 Å². The molecule has 5 heteroatoms. The molecule has 0 atom stereocenters. The number of hydrogen-bond donors (Lipinski definition) is 2. The third-order valence-electron chi connectivity index (χ3n) is 4.19. The highest BCUT2D eigenvalue weighted by Gasteiger charge is 2.05. The second-order valence-electron chi connectivity index (χ2n) is 5.96. The van der Waals surface area contributed by atoms with E-state index >= 15 is 0 Å². The minimum Gasteiger partial charge on any atom is -0.339 e. The lowest BCUT2D eigenvalue weighted by atomic mass is 10.1. The summed E-state index contributed by atoms with van der Waals surface area (Å²) in [7, 11) is 0. The SMILES string of the molecule is Cc1ccc(Nc2cnnc(Nc3cccc(C)c3C)n2)cc1C. The van der Waals surface area contributed by atoms with Crippen LogP contribution in [-0.4, -0.2) is 15.2 Å². The molecule has 0 aliphatic carbocycles. The maximum absolute atomic E-state index is 4.49. The van der Waals surface area contributed by atoms with Crippen molar-refractivity contribution >= 4 is 23.1 Å². The highest BCUT2D eigenvalue weighted by atomic mass is 15.3. The molecule has 0 unspecified atom stereocenters. The largest absolute Gasteiger partial charge is 0.339 e. The van der Waals surface area contributed by atoms with Gasteiger partial charge in [-0.05, 0) is 68.1 Å². The number of aryl methyl sites for hydroxylation is 3. The van der Waals surface area contributed by atoms with Crippen LogP contribution in [0.1, 0.15) is 22.3 Å². The van der Waals surface area contributed by atoms with Gasteiger partial charge in [-0.3, -0.25) is 0 Å². The third kappa shape index (κ3) is 3.51. The number of aromatic nitrogens is 3. The fourth-order valence-electron chi connectivity index (χ4n) is 2.39. The van der Waals surface area contributed by atoms with Gasteiger partial charge in [0.2, 0.25) is 5.95 Å². The maximum Gasteiger partial charge on any atom is 0.249 e. The molecule has 0 saturated heterocycles. The van der Waals surface area contributed by atoms with E-state index in [-0.39, 0.29) is 0 Å². The lowest BCUT2D eigenvalue weighted by Crippen LogP contribution is -2.03. The van der Waals surface area contributed by atoms with E-state index in [0.717, 1.165) is 11.4 Å². The fourth-order valence-corrected chi connectivity index (χ4v) is 2.39. The molecule has 0 fully saturated rings. The summed E-state index contributed by atoms with van der Waals surface area (Å²) in [6, 6.07) is 12.3. The van der Waals surface area contributed by atoms with Crippen molar-refractivity contribution in [3.63, 3.8) is 0 Å². The Labute approximate surface area is 142 Å². The van der Waals surface area contributed by atoms with Gasteiger partial charge in [-0.1, -0.05) is 18.2 Å². The summed E-state index contributed by atoms with van der Waals surface area (Å²) >= 11 is 0. The normalized spacial score (nSPS) is 10.5. The molecule has 3 rings (SSSR count). The predicted molar refractivity (Wildman–Crippen MR) is 98.2 cm³/mol. The second-order valence-corrected chi connectivity index (χ2v) is 5.96. The van der Waals surface area contributed by atoms with E-state index < -0.39 is 0 Å². The van der Waals surface area contributed by atoms with Crippen LogP contribution in [0.5, 0.6) is 0 Å². The van der Waals surface area contributed by atoms with Crippen molar-refractivity contribution in [1.29, 1.82) is 0 Å². The van der Waals surface area contributed by atoms with Crippen molar-refractivity contribution in [2.45, 2.75) is 27.7 Å². The van der Waals surface area contributed by atoms with E-state index in [2.05, 4.69) is 71.7 Å². The average Bonchev–Trinajstić information content (AvgIpc) is 2.56. The number of nitrogens with zero attached hydrogens (tertiary/aromatic N) is 3. The molecule has 5 nitrogen and oxygen atoms in total. The van der Waals surface area contributed by atoms with E-state index in [1.165, 1.54) is 22.3 Å². The molecular formula is C19H21N5. The summed E-state index contributed by atoms with van der Waals surface area (Å²) in [6.45, 7) is 8.34. The zero-order valence-corrected chi connectivity index (χ0v) is 14.4. The van der Waals surface area contributed by atoms with E-state index in [1.54, 1.807) is 6.20 Å². The molecule has 0 aliphatic heterocycles. The number of hydrogen-bond acceptors (Lipinski definition) is 5. The molecule has 2 aromatic carbocycles. The van der Waals surface area contributed by atoms with Crippen LogP contribution in [0.4, 0.5) is 23.1 Å². The first-order valence-corrected chi connectivity index (χ1v) is 7.90. The smallest absolute Gasteiger partial charge is 0.249 e. The van der Waals surface area contributed by atoms with E-state index in [4.69, 9.17) is 0 Å². The minimum atomic E-state index is 0.470. The van der Waals surface area contributed by atoms with Crippen molar-refractivity contribution < 1.29 is 0 Å². The molecule has 1 aromatic heterocycles. The van der Waals surface area contributed by atoms with Crippen molar-refractivity contribution in [3.05, 3.63) is 64.8 Å². The molecule has 0 amide bonds. The maximum atomic E-state index is 4.49. The Kier molecular flexibility index (Phi) is 4.42. The van der Waals surface area contributed by atoms with E-state index in [0.29, 0.717) is 11.8 Å². The van der Waals surface area contributed by atoms with Crippen molar-refractivity contribution in [1.82, 2.24) is 15.2 Å². The monoisotopic (exact) mass is 319 g/mol. The Bertz CT molecular complexity index is 873. The van der Waals surface area contributed by atoms with Crippen LogP contribution in [-0.2, 0) is 0 Å². The van der Waals surface area contributed by atoms with Gasteiger partial charge in [0.25, 0.3) is 0 Å². The molecule has 122 valence electrons. The van der Waals surface area contributed by atoms with E-state index in [9.17, 15) is 0 Å². The Balaban J connectivity index is 1.81. The molecule has 0 saturated carbocycles. The lowest BCUT2D eigenvalue weighted by molar-refractivity contribution is 0.981. The first kappa shape index (κ1) is 15.9. The highest BCUT2D eigenvalue weighted by Crippen LogP contribution is 2.22. The van der Waals surface area contributed by atoms with Crippen molar-refractivity contribution in [2.75, 3.05) is 10.6 Å². The molecule has 24 heavy (non-hydrogen) atoms. The van der Waals surface area contributed by atoms with Gasteiger partial charge in [0.05, 0.1) is 6.20 Å². The van der Waals surface area contributed by atoms with E-state index in [1.807, 2.05) is 18.2 Å². The van der Waals surface area contributed by atoms with Gasteiger partial charge in [0.15, 0.2) is 5.82 Å². The summed E-state index contributed by atoms with van der Waals surface area (Å²) in [5.74, 6) is 1.12. The first-order valence-electron chi connectivity index (χ1n) is 7.90. The molecule has 0 spiro atoms. The van der Waals surface area contributed by atoms with Crippen molar-refractivity contribution in [3.8, 4) is 0 Å². The summed E-state index contributed by atoms with van der Waals surface area (Å²) < 4.78 is 0. The summed E-state index contributed by atoms with van der Waals surface area (Å²) in [4.78, 5) is 4.49. The Morgan fingerprint density at radius 1 is 0.833 bits per heavy atom. The summed E-state index contributed by atoms with van der Waals surface area (Å²) in [6.07, 6.45) is 1.61. The fraction of sp³-hybridized carbons (Fsp3) is 0.211. The lowest BCUT2D eigenvalue weighted by Gasteiger charge is -2.11. The molecule has 0 bridgehead atoms. The quantitative estimate of drug-likeness (QED) is 0.736. The van der Waals surface area contributed by atoms with Crippen molar-refractivity contribution in [2.24, 2.45) is 0 Å². The topological polar surface area (TPSA) is 62.7 Å².